The Hall–Kier alpha value is -0.870. The lowest BCUT2D eigenvalue weighted by Gasteiger charge is -2.29. The predicted octanol–water partition coefficient (Wildman–Crippen LogP) is 2.43. The van der Waals surface area contributed by atoms with E-state index >= 15 is 0 Å². The van der Waals surface area contributed by atoms with Gasteiger partial charge in [-0.05, 0) is 27.8 Å². The van der Waals surface area contributed by atoms with Crippen LogP contribution in [-0.4, -0.2) is 19.1 Å². The van der Waals surface area contributed by atoms with Gasteiger partial charge in [0.15, 0.2) is 0 Å². The molecule has 1 N–H and O–H groups in total. The van der Waals surface area contributed by atoms with Gasteiger partial charge in [0.2, 0.25) is 0 Å². The first-order valence-corrected chi connectivity index (χ1v) is 6.21. The number of esters is 1. The van der Waals surface area contributed by atoms with Crippen LogP contribution in [0.5, 0.6) is 0 Å². The van der Waals surface area contributed by atoms with Crippen LogP contribution in [0, 0.1) is 5.41 Å². The van der Waals surface area contributed by atoms with E-state index in [0.29, 0.717) is 6.54 Å². The standard InChI is InChI=1S/C12H19NO2S/c1-12(2,3)10(11(14)15-4)13-7-9-5-6-16-8-9/h5-6,8,10,13H,7H2,1-4H3/t10-/m0/s1. The van der Waals surface area contributed by atoms with Crippen LogP contribution in [0.3, 0.4) is 0 Å². The maximum absolute atomic E-state index is 11.6. The second kappa shape index (κ2) is 5.46. The van der Waals surface area contributed by atoms with Gasteiger partial charge in [-0.25, -0.2) is 0 Å². The average Bonchev–Trinajstić information content (AvgIpc) is 2.68. The fraction of sp³-hybridized carbons (Fsp3) is 0.583. The smallest absolute Gasteiger partial charge is 0.323 e. The number of carbonyl (C=O) groups excluding carboxylic acids is 1. The van der Waals surface area contributed by atoms with E-state index in [1.807, 2.05) is 26.2 Å². The average molecular weight is 241 g/mol. The fourth-order valence-electron chi connectivity index (χ4n) is 1.47. The summed E-state index contributed by atoms with van der Waals surface area (Å²) in [7, 11) is 1.42. The summed E-state index contributed by atoms with van der Waals surface area (Å²) in [6, 6.07) is 1.77. The molecule has 0 amide bonds. The van der Waals surface area contributed by atoms with Crippen molar-refractivity contribution in [1.82, 2.24) is 5.32 Å². The molecule has 0 saturated heterocycles. The van der Waals surface area contributed by atoms with Gasteiger partial charge in [0.25, 0.3) is 0 Å². The van der Waals surface area contributed by atoms with Crippen molar-refractivity contribution in [3.8, 4) is 0 Å². The summed E-state index contributed by atoms with van der Waals surface area (Å²) in [5.74, 6) is -0.206. The fourth-order valence-corrected chi connectivity index (χ4v) is 2.14. The van der Waals surface area contributed by atoms with Gasteiger partial charge < -0.3 is 4.74 Å². The molecule has 0 aliphatic rings. The summed E-state index contributed by atoms with van der Waals surface area (Å²) in [6.07, 6.45) is 0. The van der Waals surface area contributed by atoms with Crippen LogP contribution >= 0.6 is 11.3 Å². The Morgan fingerprint density at radius 3 is 2.69 bits per heavy atom. The number of thiophene rings is 1. The zero-order chi connectivity index (χ0) is 12.2. The van der Waals surface area contributed by atoms with Crippen LogP contribution in [0.4, 0.5) is 0 Å². The molecule has 0 aliphatic carbocycles. The van der Waals surface area contributed by atoms with E-state index in [1.165, 1.54) is 12.7 Å². The Bertz CT molecular complexity index is 327. The molecule has 0 unspecified atom stereocenters. The van der Waals surface area contributed by atoms with Gasteiger partial charge in [-0.15, -0.1) is 0 Å². The highest BCUT2D eigenvalue weighted by molar-refractivity contribution is 7.07. The van der Waals surface area contributed by atoms with E-state index < -0.39 is 0 Å². The summed E-state index contributed by atoms with van der Waals surface area (Å²) < 4.78 is 4.81. The van der Waals surface area contributed by atoms with Crippen LogP contribution in [0.25, 0.3) is 0 Å². The second-order valence-corrected chi connectivity index (χ2v) is 5.61. The first kappa shape index (κ1) is 13.2. The number of ether oxygens (including phenoxy) is 1. The topological polar surface area (TPSA) is 38.3 Å². The molecule has 1 heterocycles. The van der Waals surface area contributed by atoms with Crippen molar-refractivity contribution in [1.29, 1.82) is 0 Å². The summed E-state index contributed by atoms with van der Waals surface area (Å²) in [5.41, 5.74) is 1.05. The van der Waals surface area contributed by atoms with Gasteiger partial charge in [0, 0.05) is 6.54 Å². The molecule has 1 aromatic rings. The van der Waals surface area contributed by atoms with Gasteiger partial charge in [0.1, 0.15) is 6.04 Å². The van der Waals surface area contributed by atoms with E-state index in [2.05, 4.69) is 16.8 Å². The molecule has 90 valence electrons. The molecule has 0 spiro atoms. The molecule has 0 aliphatic heterocycles. The van der Waals surface area contributed by atoms with Crippen molar-refractivity contribution < 1.29 is 9.53 Å². The quantitative estimate of drug-likeness (QED) is 0.823. The van der Waals surface area contributed by atoms with Crippen molar-refractivity contribution in [2.75, 3.05) is 7.11 Å². The summed E-state index contributed by atoms with van der Waals surface area (Å²) in [4.78, 5) is 11.6. The Balaban J connectivity index is 2.61. The maximum Gasteiger partial charge on any atom is 0.323 e. The molecule has 1 rings (SSSR count). The van der Waals surface area contributed by atoms with Crippen molar-refractivity contribution >= 4 is 17.3 Å². The summed E-state index contributed by atoms with van der Waals surface area (Å²) in [5, 5.41) is 7.35. The van der Waals surface area contributed by atoms with Crippen molar-refractivity contribution in [2.45, 2.75) is 33.4 Å². The normalized spacial score (nSPS) is 13.5. The highest BCUT2D eigenvalue weighted by atomic mass is 32.1. The first-order valence-electron chi connectivity index (χ1n) is 5.27. The minimum atomic E-state index is -0.280. The number of hydrogen-bond acceptors (Lipinski definition) is 4. The van der Waals surface area contributed by atoms with Gasteiger partial charge in [-0.3, -0.25) is 10.1 Å². The third-order valence-electron chi connectivity index (χ3n) is 2.39. The molecular weight excluding hydrogens is 222 g/mol. The second-order valence-electron chi connectivity index (χ2n) is 4.83. The molecular formula is C12H19NO2S. The van der Waals surface area contributed by atoms with Crippen LogP contribution in [0.15, 0.2) is 16.8 Å². The SMILES string of the molecule is COC(=O)[C@H](NCc1ccsc1)C(C)(C)C. The zero-order valence-corrected chi connectivity index (χ0v) is 11.1. The Morgan fingerprint density at radius 1 is 1.56 bits per heavy atom. The molecule has 16 heavy (non-hydrogen) atoms. The number of carbonyl (C=O) groups is 1. The van der Waals surface area contributed by atoms with Gasteiger partial charge in [-0.1, -0.05) is 20.8 Å². The lowest BCUT2D eigenvalue weighted by Crippen LogP contribution is -2.46. The van der Waals surface area contributed by atoms with Crippen molar-refractivity contribution in [3.63, 3.8) is 0 Å². The van der Waals surface area contributed by atoms with Crippen molar-refractivity contribution in [2.24, 2.45) is 5.41 Å². The summed E-state index contributed by atoms with van der Waals surface area (Å²) >= 11 is 1.66. The molecule has 4 heteroatoms. The van der Waals surface area contributed by atoms with E-state index in [4.69, 9.17) is 4.74 Å². The maximum atomic E-state index is 11.6. The van der Waals surface area contributed by atoms with Gasteiger partial charge in [0.05, 0.1) is 7.11 Å². The minimum absolute atomic E-state index is 0.150. The van der Waals surface area contributed by atoms with Gasteiger partial charge in [-0.2, -0.15) is 11.3 Å². The van der Waals surface area contributed by atoms with Crippen molar-refractivity contribution in [3.05, 3.63) is 22.4 Å². The number of nitrogens with one attached hydrogen (secondary N) is 1. The van der Waals surface area contributed by atoms with Crippen LogP contribution in [0.1, 0.15) is 26.3 Å². The molecule has 0 radical (unpaired) electrons. The van der Waals surface area contributed by atoms with Crippen LogP contribution < -0.4 is 5.32 Å². The predicted molar refractivity (Wildman–Crippen MR) is 66.4 cm³/mol. The zero-order valence-electron chi connectivity index (χ0n) is 10.2. The largest absolute Gasteiger partial charge is 0.468 e. The van der Waals surface area contributed by atoms with E-state index in [9.17, 15) is 4.79 Å². The third kappa shape index (κ3) is 3.61. The van der Waals surface area contributed by atoms with E-state index in [1.54, 1.807) is 11.3 Å². The monoisotopic (exact) mass is 241 g/mol. The third-order valence-corrected chi connectivity index (χ3v) is 3.13. The molecule has 0 saturated carbocycles. The molecule has 0 fully saturated rings. The Kier molecular flexibility index (Phi) is 4.50. The van der Waals surface area contributed by atoms with Gasteiger partial charge >= 0.3 is 5.97 Å². The molecule has 3 nitrogen and oxygen atoms in total. The number of methoxy groups -OCH3 is 1. The van der Waals surface area contributed by atoms with E-state index in [0.717, 1.165) is 0 Å². The highest BCUT2D eigenvalue weighted by Crippen LogP contribution is 2.21. The lowest BCUT2D eigenvalue weighted by molar-refractivity contribution is -0.146. The number of rotatable bonds is 4. The number of hydrogen-bond donors (Lipinski definition) is 1. The first-order chi connectivity index (χ1) is 7.45. The highest BCUT2D eigenvalue weighted by Gasteiger charge is 2.31. The Morgan fingerprint density at radius 2 is 2.25 bits per heavy atom. The molecule has 1 atom stereocenters. The summed E-state index contributed by atoms with van der Waals surface area (Å²) in [6.45, 7) is 6.76. The van der Waals surface area contributed by atoms with Crippen LogP contribution in [-0.2, 0) is 16.1 Å². The lowest BCUT2D eigenvalue weighted by atomic mass is 9.86. The Labute approximate surface area is 101 Å². The molecule has 1 aromatic heterocycles. The van der Waals surface area contributed by atoms with E-state index in [-0.39, 0.29) is 17.4 Å². The van der Waals surface area contributed by atoms with Crippen LogP contribution in [0.2, 0.25) is 0 Å². The molecule has 0 bridgehead atoms. The minimum Gasteiger partial charge on any atom is -0.468 e. The molecule has 0 aromatic carbocycles.